The summed E-state index contributed by atoms with van der Waals surface area (Å²) in [5.74, 6) is 0.849. The molecule has 0 aliphatic carbocycles. The van der Waals surface area contributed by atoms with E-state index >= 15 is 0 Å². The van der Waals surface area contributed by atoms with Gasteiger partial charge in [0.1, 0.15) is 0 Å². The van der Waals surface area contributed by atoms with E-state index in [1.807, 2.05) is 0 Å². The van der Waals surface area contributed by atoms with Crippen molar-refractivity contribution in [3.63, 3.8) is 0 Å². The van der Waals surface area contributed by atoms with Crippen LogP contribution in [0.15, 0.2) is 24.3 Å². The first-order valence-electron chi connectivity index (χ1n) is 8.63. The number of benzene rings is 1. The molecule has 4 heteroatoms. The maximum absolute atomic E-state index is 5.48. The number of morpholine rings is 1. The standard InChI is InChI=1S/C18H29N3O/c1-20(14-16-6-8-19-9-7-16)15-17-4-2-3-5-18(17)21-10-12-22-13-11-21/h2-5,16,19H,6-15H2,1H3. The summed E-state index contributed by atoms with van der Waals surface area (Å²) in [4.78, 5) is 4.96. The van der Waals surface area contributed by atoms with Gasteiger partial charge in [0.25, 0.3) is 0 Å². The fraction of sp³-hybridized carbons (Fsp3) is 0.667. The molecular formula is C18H29N3O. The summed E-state index contributed by atoms with van der Waals surface area (Å²) in [6.07, 6.45) is 2.63. The van der Waals surface area contributed by atoms with E-state index in [0.717, 1.165) is 38.8 Å². The minimum Gasteiger partial charge on any atom is -0.378 e. The van der Waals surface area contributed by atoms with Crippen molar-refractivity contribution in [1.29, 1.82) is 0 Å². The maximum atomic E-state index is 5.48. The minimum atomic E-state index is 0.846. The van der Waals surface area contributed by atoms with E-state index < -0.39 is 0 Å². The Labute approximate surface area is 134 Å². The van der Waals surface area contributed by atoms with Gasteiger partial charge in [-0.3, -0.25) is 0 Å². The lowest BCUT2D eigenvalue weighted by Crippen LogP contribution is -2.37. The minimum absolute atomic E-state index is 0.846. The fourth-order valence-electron chi connectivity index (χ4n) is 3.62. The van der Waals surface area contributed by atoms with Gasteiger partial charge in [-0.1, -0.05) is 18.2 Å². The monoisotopic (exact) mass is 303 g/mol. The molecule has 0 aromatic heterocycles. The number of rotatable bonds is 5. The molecule has 122 valence electrons. The third-order valence-electron chi connectivity index (χ3n) is 4.81. The molecule has 0 unspecified atom stereocenters. The SMILES string of the molecule is CN(Cc1ccccc1N1CCOCC1)CC1CCNCC1. The van der Waals surface area contributed by atoms with Gasteiger partial charge in [-0.05, 0) is 50.5 Å². The lowest BCUT2D eigenvalue weighted by Gasteiger charge is -2.32. The lowest BCUT2D eigenvalue weighted by molar-refractivity contribution is 0.122. The van der Waals surface area contributed by atoms with Gasteiger partial charge in [0.05, 0.1) is 13.2 Å². The van der Waals surface area contributed by atoms with E-state index in [-0.39, 0.29) is 0 Å². The maximum Gasteiger partial charge on any atom is 0.0642 e. The van der Waals surface area contributed by atoms with Gasteiger partial charge in [0.15, 0.2) is 0 Å². The molecule has 1 N–H and O–H groups in total. The molecular weight excluding hydrogens is 274 g/mol. The molecule has 2 aliphatic rings. The van der Waals surface area contributed by atoms with Crippen LogP contribution in [0.25, 0.3) is 0 Å². The van der Waals surface area contributed by atoms with Gasteiger partial charge in [-0.2, -0.15) is 0 Å². The predicted octanol–water partition coefficient (Wildman–Crippen LogP) is 1.95. The molecule has 22 heavy (non-hydrogen) atoms. The molecule has 0 bridgehead atoms. The van der Waals surface area contributed by atoms with E-state index in [1.54, 1.807) is 0 Å². The van der Waals surface area contributed by atoms with E-state index in [1.165, 1.54) is 43.7 Å². The Kier molecular flexibility index (Phi) is 5.70. The number of piperidine rings is 1. The van der Waals surface area contributed by atoms with Crippen molar-refractivity contribution in [3.8, 4) is 0 Å². The van der Waals surface area contributed by atoms with Crippen molar-refractivity contribution in [2.45, 2.75) is 19.4 Å². The van der Waals surface area contributed by atoms with Crippen LogP contribution in [0.5, 0.6) is 0 Å². The Hall–Kier alpha value is -1.10. The predicted molar refractivity (Wildman–Crippen MR) is 91.4 cm³/mol. The molecule has 2 fully saturated rings. The largest absolute Gasteiger partial charge is 0.378 e. The second-order valence-corrected chi connectivity index (χ2v) is 6.62. The van der Waals surface area contributed by atoms with Crippen LogP contribution in [0.2, 0.25) is 0 Å². The topological polar surface area (TPSA) is 27.7 Å². The Morgan fingerprint density at radius 1 is 1.18 bits per heavy atom. The molecule has 1 aromatic carbocycles. The first-order valence-corrected chi connectivity index (χ1v) is 8.63. The highest BCUT2D eigenvalue weighted by atomic mass is 16.5. The van der Waals surface area contributed by atoms with Crippen molar-refractivity contribution in [2.24, 2.45) is 5.92 Å². The Morgan fingerprint density at radius 3 is 2.68 bits per heavy atom. The van der Waals surface area contributed by atoms with E-state index in [4.69, 9.17) is 4.74 Å². The Balaban J connectivity index is 1.61. The summed E-state index contributed by atoms with van der Waals surface area (Å²) in [5, 5.41) is 3.45. The number of ether oxygens (including phenoxy) is 1. The van der Waals surface area contributed by atoms with Crippen molar-refractivity contribution < 1.29 is 4.74 Å². The molecule has 3 rings (SSSR count). The number of nitrogens with one attached hydrogen (secondary N) is 1. The number of anilines is 1. The van der Waals surface area contributed by atoms with Crippen LogP contribution < -0.4 is 10.2 Å². The normalized spacial score (nSPS) is 20.5. The van der Waals surface area contributed by atoms with Crippen molar-refractivity contribution in [1.82, 2.24) is 10.2 Å². The zero-order chi connectivity index (χ0) is 15.2. The van der Waals surface area contributed by atoms with Gasteiger partial charge < -0.3 is 19.9 Å². The van der Waals surface area contributed by atoms with Gasteiger partial charge in [-0.25, -0.2) is 0 Å². The van der Waals surface area contributed by atoms with Crippen molar-refractivity contribution in [3.05, 3.63) is 29.8 Å². The number of nitrogens with zero attached hydrogens (tertiary/aromatic N) is 2. The summed E-state index contributed by atoms with van der Waals surface area (Å²) in [6.45, 7) is 8.32. The van der Waals surface area contributed by atoms with Gasteiger partial charge in [-0.15, -0.1) is 0 Å². The highest BCUT2D eigenvalue weighted by Crippen LogP contribution is 2.23. The van der Waals surface area contributed by atoms with E-state index in [2.05, 4.69) is 46.4 Å². The summed E-state index contributed by atoms with van der Waals surface area (Å²) in [5.41, 5.74) is 2.84. The molecule has 0 atom stereocenters. The average molecular weight is 303 g/mol. The Morgan fingerprint density at radius 2 is 1.91 bits per heavy atom. The summed E-state index contributed by atoms with van der Waals surface area (Å²) in [7, 11) is 2.26. The highest BCUT2D eigenvalue weighted by molar-refractivity contribution is 5.53. The third-order valence-corrected chi connectivity index (χ3v) is 4.81. The molecule has 2 saturated heterocycles. The van der Waals surface area contributed by atoms with Crippen LogP contribution in [0.4, 0.5) is 5.69 Å². The quantitative estimate of drug-likeness (QED) is 0.900. The zero-order valence-corrected chi connectivity index (χ0v) is 13.8. The van der Waals surface area contributed by atoms with Crippen molar-refractivity contribution >= 4 is 5.69 Å². The third kappa shape index (κ3) is 4.22. The van der Waals surface area contributed by atoms with Crippen LogP contribution in [-0.4, -0.2) is 57.9 Å². The molecule has 0 amide bonds. The molecule has 2 aliphatic heterocycles. The second kappa shape index (κ2) is 7.95. The molecule has 2 heterocycles. The zero-order valence-electron chi connectivity index (χ0n) is 13.8. The van der Waals surface area contributed by atoms with Crippen LogP contribution in [-0.2, 0) is 11.3 Å². The van der Waals surface area contributed by atoms with Gasteiger partial charge in [0, 0.05) is 31.9 Å². The van der Waals surface area contributed by atoms with Crippen molar-refractivity contribution in [2.75, 3.05) is 57.9 Å². The van der Waals surface area contributed by atoms with E-state index in [0.29, 0.717) is 0 Å². The number of para-hydroxylation sites is 1. The van der Waals surface area contributed by atoms with Crippen LogP contribution >= 0.6 is 0 Å². The number of hydrogen-bond donors (Lipinski definition) is 1. The van der Waals surface area contributed by atoms with Gasteiger partial charge in [0.2, 0.25) is 0 Å². The van der Waals surface area contributed by atoms with Crippen LogP contribution in [0.1, 0.15) is 18.4 Å². The lowest BCUT2D eigenvalue weighted by atomic mass is 9.97. The fourth-order valence-corrected chi connectivity index (χ4v) is 3.62. The molecule has 1 aromatic rings. The Bertz CT molecular complexity index is 453. The molecule has 0 saturated carbocycles. The van der Waals surface area contributed by atoms with Crippen LogP contribution in [0, 0.1) is 5.92 Å². The molecule has 0 spiro atoms. The first-order chi connectivity index (χ1) is 10.8. The van der Waals surface area contributed by atoms with E-state index in [9.17, 15) is 0 Å². The molecule has 4 nitrogen and oxygen atoms in total. The summed E-state index contributed by atoms with van der Waals surface area (Å²) < 4.78 is 5.48. The average Bonchev–Trinajstić information content (AvgIpc) is 2.57. The van der Waals surface area contributed by atoms with Crippen LogP contribution in [0.3, 0.4) is 0 Å². The first kappa shape index (κ1) is 15.8. The summed E-state index contributed by atoms with van der Waals surface area (Å²) >= 11 is 0. The smallest absolute Gasteiger partial charge is 0.0642 e. The number of hydrogen-bond acceptors (Lipinski definition) is 4. The summed E-state index contributed by atoms with van der Waals surface area (Å²) in [6, 6.07) is 8.86. The van der Waals surface area contributed by atoms with Gasteiger partial charge >= 0.3 is 0 Å². The highest BCUT2D eigenvalue weighted by Gasteiger charge is 2.18. The second-order valence-electron chi connectivity index (χ2n) is 6.62. The molecule has 0 radical (unpaired) electrons.